The lowest BCUT2D eigenvalue weighted by molar-refractivity contribution is 0.143. The Balaban J connectivity index is 1.96. The second kappa shape index (κ2) is 7.79. The predicted octanol–water partition coefficient (Wildman–Crippen LogP) is 2.36. The number of nitrogens with one attached hydrogen (secondary N) is 1. The number of hydrogen-bond acceptors (Lipinski definition) is 4. The van der Waals surface area contributed by atoms with Crippen LogP contribution in [0.4, 0.5) is 0 Å². The summed E-state index contributed by atoms with van der Waals surface area (Å²) < 4.78 is 5.27. The molecule has 0 unspecified atom stereocenters. The summed E-state index contributed by atoms with van der Waals surface area (Å²) in [4.78, 5) is 5.56. The molecular formula is C11H20N2OS. The van der Waals surface area contributed by atoms with Crippen molar-refractivity contribution in [3.63, 3.8) is 0 Å². The van der Waals surface area contributed by atoms with Crippen molar-refractivity contribution < 1.29 is 4.74 Å². The Labute approximate surface area is 95.9 Å². The van der Waals surface area contributed by atoms with Crippen LogP contribution in [-0.4, -0.2) is 24.7 Å². The Morgan fingerprint density at radius 1 is 1.47 bits per heavy atom. The third-order valence-corrected chi connectivity index (χ3v) is 3.16. The molecule has 1 aromatic heterocycles. The van der Waals surface area contributed by atoms with E-state index in [1.165, 1.54) is 11.3 Å². The smallest absolute Gasteiger partial charge is 0.0798 e. The standard InChI is InChI=1S/C11H20N2OS/c1-3-14-7-5-4-6-12-8-11-10(2)13-9-15-11/h9,12H,3-8H2,1-2H3. The van der Waals surface area contributed by atoms with E-state index in [1.54, 1.807) is 11.3 Å². The molecule has 0 aliphatic heterocycles. The van der Waals surface area contributed by atoms with Gasteiger partial charge in [-0.05, 0) is 33.2 Å². The van der Waals surface area contributed by atoms with Gasteiger partial charge in [0.05, 0.1) is 11.2 Å². The molecule has 1 aromatic rings. The zero-order valence-electron chi connectivity index (χ0n) is 9.58. The number of hydrogen-bond donors (Lipinski definition) is 1. The van der Waals surface area contributed by atoms with Gasteiger partial charge in [0.2, 0.25) is 0 Å². The molecular weight excluding hydrogens is 208 g/mol. The Morgan fingerprint density at radius 2 is 2.33 bits per heavy atom. The van der Waals surface area contributed by atoms with Gasteiger partial charge in [-0.15, -0.1) is 11.3 Å². The summed E-state index contributed by atoms with van der Waals surface area (Å²) in [5, 5.41) is 3.42. The normalized spacial score (nSPS) is 10.8. The molecule has 0 spiro atoms. The van der Waals surface area contributed by atoms with E-state index in [4.69, 9.17) is 4.74 Å². The highest BCUT2D eigenvalue weighted by atomic mass is 32.1. The van der Waals surface area contributed by atoms with Gasteiger partial charge in [0.25, 0.3) is 0 Å². The Hall–Kier alpha value is -0.450. The largest absolute Gasteiger partial charge is 0.382 e. The lowest BCUT2D eigenvalue weighted by Crippen LogP contribution is -2.15. The number of aryl methyl sites for hydroxylation is 1. The molecule has 1 heterocycles. The van der Waals surface area contributed by atoms with Gasteiger partial charge in [-0.2, -0.15) is 0 Å². The zero-order chi connectivity index (χ0) is 10.9. The number of aromatic nitrogens is 1. The number of rotatable bonds is 8. The fourth-order valence-electron chi connectivity index (χ4n) is 1.30. The van der Waals surface area contributed by atoms with E-state index in [1.807, 2.05) is 12.4 Å². The first-order valence-corrected chi connectivity index (χ1v) is 6.40. The van der Waals surface area contributed by atoms with E-state index < -0.39 is 0 Å². The minimum Gasteiger partial charge on any atom is -0.382 e. The molecule has 1 N–H and O–H groups in total. The molecule has 0 atom stereocenters. The van der Waals surface area contributed by atoms with Crippen molar-refractivity contribution in [1.82, 2.24) is 10.3 Å². The van der Waals surface area contributed by atoms with Crippen LogP contribution in [0, 0.1) is 6.92 Å². The molecule has 15 heavy (non-hydrogen) atoms. The van der Waals surface area contributed by atoms with Crippen LogP contribution >= 0.6 is 11.3 Å². The van der Waals surface area contributed by atoms with Gasteiger partial charge in [0.15, 0.2) is 0 Å². The monoisotopic (exact) mass is 228 g/mol. The lowest BCUT2D eigenvalue weighted by Gasteiger charge is -2.03. The van der Waals surface area contributed by atoms with Gasteiger partial charge in [0.1, 0.15) is 0 Å². The van der Waals surface area contributed by atoms with Crippen molar-refractivity contribution in [2.24, 2.45) is 0 Å². The highest BCUT2D eigenvalue weighted by molar-refractivity contribution is 7.09. The van der Waals surface area contributed by atoms with Gasteiger partial charge < -0.3 is 10.1 Å². The Morgan fingerprint density at radius 3 is 3.00 bits per heavy atom. The third kappa shape index (κ3) is 5.25. The molecule has 4 heteroatoms. The maximum Gasteiger partial charge on any atom is 0.0798 e. The molecule has 0 saturated heterocycles. The van der Waals surface area contributed by atoms with E-state index >= 15 is 0 Å². The molecule has 0 aliphatic carbocycles. The number of nitrogens with zero attached hydrogens (tertiary/aromatic N) is 1. The first kappa shape index (κ1) is 12.6. The quantitative estimate of drug-likeness (QED) is 0.694. The van der Waals surface area contributed by atoms with Crippen LogP contribution in [-0.2, 0) is 11.3 Å². The van der Waals surface area contributed by atoms with Crippen LogP contribution in [0.2, 0.25) is 0 Å². The molecule has 0 aliphatic rings. The van der Waals surface area contributed by atoms with Crippen molar-refractivity contribution in [1.29, 1.82) is 0 Å². The van der Waals surface area contributed by atoms with Crippen molar-refractivity contribution in [3.8, 4) is 0 Å². The summed E-state index contributed by atoms with van der Waals surface area (Å²) in [5.74, 6) is 0. The molecule has 0 radical (unpaired) electrons. The summed E-state index contributed by atoms with van der Waals surface area (Å²) in [7, 11) is 0. The fourth-order valence-corrected chi connectivity index (χ4v) is 2.04. The molecule has 0 bridgehead atoms. The van der Waals surface area contributed by atoms with E-state index in [0.29, 0.717) is 0 Å². The molecule has 1 rings (SSSR count). The minimum atomic E-state index is 0.827. The predicted molar refractivity (Wildman–Crippen MR) is 64.3 cm³/mol. The average molecular weight is 228 g/mol. The highest BCUT2D eigenvalue weighted by Gasteiger charge is 1.99. The fraction of sp³-hybridized carbons (Fsp3) is 0.727. The molecule has 3 nitrogen and oxygen atoms in total. The average Bonchev–Trinajstić information content (AvgIpc) is 2.63. The zero-order valence-corrected chi connectivity index (χ0v) is 10.4. The number of thiazole rings is 1. The SMILES string of the molecule is CCOCCCCNCc1scnc1C. The van der Waals surface area contributed by atoms with E-state index in [9.17, 15) is 0 Å². The van der Waals surface area contributed by atoms with Crippen molar-refractivity contribution in [3.05, 3.63) is 16.1 Å². The second-order valence-electron chi connectivity index (χ2n) is 3.44. The maximum absolute atomic E-state index is 5.27. The van der Waals surface area contributed by atoms with Crippen LogP contribution in [0.1, 0.15) is 30.3 Å². The van der Waals surface area contributed by atoms with Gasteiger partial charge >= 0.3 is 0 Å². The summed E-state index contributed by atoms with van der Waals surface area (Å²) >= 11 is 1.72. The number of unbranched alkanes of at least 4 members (excludes halogenated alkanes) is 1. The second-order valence-corrected chi connectivity index (χ2v) is 4.38. The van der Waals surface area contributed by atoms with Crippen molar-refractivity contribution >= 4 is 11.3 Å². The lowest BCUT2D eigenvalue weighted by atomic mass is 10.3. The number of ether oxygens (including phenoxy) is 1. The third-order valence-electron chi connectivity index (χ3n) is 2.23. The van der Waals surface area contributed by atoms with Crippen LogP contribution < -0.4 is 5.32 Å². The van der Waals surface area contributed by atoms with Crippen molar-refractivity contribution in [2.75, 3.05) is 19.8 Å². The Kier molecular flexibility index (Phi) is 6.55. The van der Waals surface area contributed by atoms with E-state index in [0.717, 1.165) is 38.4 Å². The van der Waals surface area contributed by atoms with Crippen LogP contribution in [0.3, 0.4) is 0 Å². The molecule has 86 valence electrons. The van der Waals surface area contributed by atoms with Crippen LogP contribution in [0.15, 0.2) is 5.51 Å². The summed E-state index contributed by atoms with van der Waals surface area (Å²) in [6, 6.07) is 0. The van der Waals surface area contributed by atoms with Crippen molar-refractivity contribution in [2.45, 2.75) is 33.2 Å². The highest BCUT2D eigenvalue weighted by Crippen LogP contribution is 2.10. The van der Waals surface area contributed by atoms with Gasteiger partial charge in [-0.1, -0.05) is 0 Å². The maximum atomic E-state index is 5.27. The first-order chi connectivity index (χ1) is 7.34. The van der Waals surface area contributed by atoms with Crippen LogP contribution in [0.25, 0.3) is 0 Å². The van der Waals surface area contributed by atoms with Gasteiger partial charge in [-0.25, -0.2) is 4.98 Å². The van der Waals surface area contributed by atoms with Gasteiger partial charge in [-0.3, -0.25) is 0 Å². The molecule has 0 fully saturated rings. The Bertz CT molecular complexity index is 263. The van der Waals surface area contributed by atoms with E-state index in [-0.39, 0.29) is 0 Å². The first-order valence-electron chi connectivity index (χ1n) is 5.52. The van der Waals surface area contributed by atoms with Crippen LogP contribution in [0.5, 0.6) is 0 Å². The minimum absolute atomic E-state index is 0.827. The summed E-state index contributed by atoms with van der Waals surface area (Å²) in [5.41, 5.74) is 3.06. The molecule has 0 amide bonds. The summed E-state index contributed by atoms with van der Waals surface area (Å²) in [6.07, 6.45) is 2.32. The topological polar surface area (TPSA) is 34.1 Å². The molecule has 0 aromatic carbocycles. The van der Waals surface area contributed by atoms with Gasteiger partial charge in [0, 0.05) is 24.6 Å². The van der Waals surface area contributed by atoms with E-state index in [2.05, 4.69) is 17.2 Å². The molecule has 0 saturated carbocycles. The summed E-state index contributed by atoms with van der Waals surface area (Å²) in [6.45, 7) is 7.81.